The van der Waals surface area contributed by atoms with Gasteiger partial charge in [0.2, 0.25) is 5.89 Å². The lowest BCUT2D eigenvalue weighted by Gasteiger charge is -2.19. The van der Waals surface area contributed by atoms with Crippen LogP contribution < -0.4 is 30.2 Å². The number of rotatable bonds is 9. The minimum absolute atomic E-state index is 0.593. The molecule has 7 aromatic carbocycles. The highest BCUT2D eigenvalue weighted by molar-refractivity contribution is 7.15. The number of benzene rings is 7. The topological polar surface area (TPSA) is 159 Å². The normalized spacial score (nSPS) is 14.3. The van der Waals surface area contributed by atoms with Crippen LogP contribution in [0.15, 0.2) is 168 Å². The van der Waals surface area contributed by atoms with Gasteiger partial charge < -0.3 is 34.6 Å². The zero-order valence-electron chi connectivity index (χ0n) is 56.2. The van der Waals surface area contributed by atoms with Crippen LogP contribution in [0.3, 0.4) is 0 Å². The van der Waals surface area contributed by atoms with Crippen LogP contribution in [0.5, 0.6) is 17.2 Å². The van der Waals surface area contributed by atoms with Crippen molar-refractivity contribution in [3.05, 3.63) is 229 Å². The summed E-state index contributed by atoms with van der Waals surface area (Å²) in [6.45, 7) is 15.5. The molecule has 0 spiro atoms. The molecule has 3 N–H and O–H groups in total. The standard InChI is InChI=1S/C22H21N3S.C20H19N3O2S.C20H20N2OS.C19H18N2O/c1-14-15(17-9-6-11-20-18(17)13-23-25(20)2)7-5-8-16(14)22-24-19-10-3-4-12-21(19)26-22;1-12-14(13-2-3-16-17(10-13)25-9-8-24-16)4-7-22-19(12)20-23-15-5-6-21-11-18(15)26-20;1-13-16(14-5-3-6-15(11-14)23-2)7-4-8-17(13)20-22-18-9-10-21-12-19(18)24-20;1-13-15(14-6-3-2-4-7-14)8-5-9-16(13)19-21-17-12-20-11-10-18(17)22-19/h5-9,11,13H,3-4,10,12H2,1-2H3;2-4,7,10,21H,5-6,8-9,11H2,1H3;3-8,11,21H,9-10,12H2,1-2H3;2-9,20H,10-12H2,1H3. The first-order chi connectivity index (χ1) is 48.1. The molecule has 10 heterocycles. The first-order valence-electron chi connectivity index (χ1n) is 33.9. The number of pyridine rings is 1. The number of aryl methyl sites for hydroxylation is 3. The predicted octanol–water partition coefficient (Wildman–Crippen LogP) is 17.6. The SMILES string of the molecule is COc1cccc(-c2cccc(-c3nc4c(s3)CNCC4)c2C)c1.Cc1c(-c2ccc3c(c2)OCCO3)ccnc1-c1nc2c(s1)CNCC2.Cc1c(-c2ccccc2)cccc1-c1nc2c(o1)CCNC2.Cc1c(-c2nc3c(s2)CCCC3)cccc1-c1cccc2c1cnn2C. The fourth-order valence-corrected chi connectivity index (χ4v) is 17.3. The molecule has 17 heteroatoms. The van der Waals surface area contributed by atoms with Crippen LogP contribution >= 0.6 is 34.0 Å². The van der Waals surface area contributed by atoms with Gasteiger partial charge in [-0.1, -0.05) is 109 Å². The highest BCUT2D eigenvalue weighted by Gasteiger charge is 2.25. The van der Waals surface area contributed by atoms with E-state index in [1.54, 1.807) is 18.4 Å². The van der Waals surface area contributed by atoms with Gasteiger partial charge in [-0.2, -0.15) is 5.10 Å². The third-order valence-corrected chi connectivity index (χ3v) is 22.6. The average Bonchev–Trinajstić information content (AvgIpc) is 1.57. The van der Waals surface area contributed by atoms with Crippen molar-refractivity contribution in [1.82, 2.24) is 50.7 Å². The monoisotopic (exact) mass is 1350 g/mol. The lowest BCUT2D eigenvalue weighted by atomic mass is 9.94. The van der Waals surface area contributed by atoms with E-state index in [1.807, 2.05) is 71.1 Å². The summed E-state index contributed by atoms with van der Waals surface area (Å²) in [5.74, 6) is 4.27. The molecule has 6 aromatic heterocycles. The van der Waals surface area contributed by atoms with Crippen molar-refractivity contribution in [2.45, 2.75) is 92.3 Å². The largest absolute Gasteiger partial charge is 0.497 e. The van der Waals surface area contributed by atoms with Crippen molar-refractivity contribution in [2.75, 3.05) is 40.0 Å². The average molecular weight is 1350 g/mol. The lowest BCUT2D eigenvalue weighted by Crippen LogP contribution is -2.22. The second-order valence-corrected chi connectivity index (χ2v) is 28.5. The first-order valence-corrected chi connectivity index (χ1v) is 36.4. The van der Waals surface area contributed by atoms with Gasteiger partial charge in [0.05, 0.1) is 41.6 Å². The molecular formula is C81H78N10O4S3. The van der Waals surface area contributed by atoms with Gasteiger partial charge in [0.15, 0.2) is 11.5 Å². The van der Waals surface area contributed by atoms with Gasteiger partial charge in [-0.15, -0.1) is 34.0 Å². The molecule has 494 valence electrons. The Bertz CT molecular complexity index is 4950. The molecule has 0 saturated heterocycles. The quantitative estimate of drug-likeness (QED) is 0.125. The fourth-order valence-electron chi connectivity index (χ4n) is 13.8. The second-order valence-electron chi connectivity index (χ2n) is 25.3. The second kappa shape index (κ2) is 28.9. The summed E-state index contributed by atoms with van der Waals surface area (Å²) in [5.41, 5.74) is 25.1. The Kier molecular flexibility index (Phi) is 19.0. The molecule has 0 atom stereocenters. The number of hydrogen-bond donors (Lipinski definition) is 3. The molecule has 98 heavy (non-hydrogen) atoms. The van der Waals surface area contributed by atoms with E-state index in [9.17, 15) is 0 Å². The van der Waals surface area contributed by atoms with E-state index in [0.29, 0.717) is 13.2 Å². The van der Waals surface area contributed by atoms with E-state index in [1.165, 1.54) is 123 Å². The third kappa shape index (κ3) is 13.4. The zero-order chi connectivity index (χ0) is 66.6. The number of nitrogens with one attached hydrogen (secondary N) is 3. The molecule has 5 aliphatic rings. The molecule has 0 unspecified atom stereocenters. The molecule has 18 rings (SSSR count). The molecule has 0 radical (unpaired) electrons. The van der Waals surface area contributed by atoms with Crippen LogP contribution in [0.1, 0.15) is 78.3 Å². The summed E-state index contributed by atoms with van der Waals surface area (Å²) < 4.78 is 24.7. The number of thiazole rings is 3. The van der Waals surface area contributed by atoms with E-state index < -0.39 is 0 Å². The summed E-state index contributed by atoms with van der Waals surface area (Å²) in [6.07, 6.45) is 11.7. The number of hydrogen-bond acceptors (Lipinski definition) is 16. The van der Waals surface area contributed by atoms with E-state index in [2.05, 4.69) is 186 Å². The third-order valence-electron chi connectivity index (χ3n) is 19.1. The van der Waals surface area contributed by atoms with E-state index in [-0.39, 0.29) is 0 Å². The van der Waals surface area contributed by atoms with Crippen molar-refractivity contribution < 1.29 is 18.6 Å². The molecule has 0 amide bonds. The van der Waals surface area contributed by atoms with Crippen LogP contribution in [0, 0.1) is 27.7 Å². The Morgan fingerprint density at radius 1 is 0.459 bits per heavy atom. The van der Waals surface area contributed by atoms with Gasteiger partial charge >= 0.3 is 0 Å². The van der Waals surface area contributed by atoms with Crippen molar-refractivity contribution in [3.63, 3.8) is 0 Å². The predicted molar refractivity (Wildman–Crippen MR) is 398 cm³/mol. The van der Waals surface area contributed by atoms with Gasteiger partial charge in [0.1, 0.15) is 45.4 Å². The Morgan fingerprint density at radius 3 is 1.77 bits per heavy atom. The summed E-state index contributed by atoms with van der Waals surface area (Å²) in [4.78, 5) is 28.3. The molecule has 0 bridgehead atoms. The maximum atomic E-state index is 6.01. The van der Waals surface area contributed by atoms with Crippen LogP contribution in [0.2, 0.25) is 0 Å². The van der Waals surface area contributed by atoms with Gasteiger partial charge in [0.25, 0.3) is 0 Å². The molecule has 4 aliphatic heterocycles. The Hall–Kier alpha value is -9.46. The lowest BCUT2D eigenvalue weighted by molar-refractivity contribution is 0.171. The molecule has 13 aromatic rings. The maximum Gasteiger partial charge on any atom is 0.226 e. The number of aromatic nitrogens is 7. The van der Waals surface area contributed by atoms with Crippen LogP contribution in [0.4, 0.5) is 0 Å². The first kappa shape index (κ1) is 64.5. The van der Waals surface area contributed by atoms with Crippen LogP contribution in [-0.4, -0.2) is 74.7 Å². The number of oxazole rings is 1. The number of fused-ring (bicyclic) bond motifs is 6. The Labute approximate surface area is 584 Å². The zero-order valence-corrected chi connectivity index (χ0v) is 58.6. The van der Waals surface area contributed by atoms with Gasteiger partial charge in [-0.3, -0.25) is 9.67 Å². The summed E-state index contributed by atoms with van der Waals surface area (Å²) in [5, 5.41) is 19.1. The Balaban J connectivity index is 0.000000107. The molecule has 14 nitrogen and oxygen atoms in total. The fraction of sp³-hybridized carbons (Fsp3) is 0.259. The van der Waals surface area contributed by atoms with Crippen LogP contribution in [-0.2, 0) is 58.8 Å². The molecule has 0 fully saturated rings. The number of ether oxygens (including phenoxy) is 3. The van der Waals surface area contributed by atoms with Gasteiger partial charge in [-0.25, -0.2) is 19.9 Å². The van der Waals surface area contributed by atoms with Crippen molar-refractivity contribution >= 4 is 44.9 Å². The highest BCUT2D eigenvalue weighted by atomic mass is 32.1. The van der Waals surface area contributed by atoms with Crippen molar-refractivity contribution in [3.8, 4) is 105 Å². The number of nitrogens with zero attached hydrogens (tertiary/aromatic N) is 7. The molecular weight excluding hydrogens is 1270 g/mol. The summed E-state index contributed by atoms with van der Waals surface area (Å²) >= 11 is 5.45. The van der Waals surface area contributed by atoms with Gasteiger partial charge in [0, 0.05) is 108 Å². The van der Waals surface area contributed by atoms with Crippen molar-refractivity contribution in [2.24, 2.45) is 7.05 Å². The Morgan fingerprint density at radius 2 is 1.03 bits per heavy atom. The maximum absolute atomic E-state index is 6.01. The van der Waals surface area contributed by atoms with Crippen LogP contribution in [0.25, 0.3) is 98.7 Å². The minimum atomic E-state index is 0.593. The van der Waals surface area contributed by atoms with E-state index >= 15 is 0 Å². The number of methoxy groups -OCH3 is 1. The van der Waals surface area contributed by atoms with E-state index in [0.717, 1.165) is 143 Å². The van der Waals surface area contributed by atoms with E-state index in [4.69, 9.17) is 33.6 Å². The van der Waals surface area contributed by atoms with Gasteiger partial charge in [-0.05, 0) is 163 Å². The van der Waals surface area contributed by atoms with Crippen molar-refractivity contribution in [1.29, 1.82) is 0 Å². The highest BCUT2D eigenvalue weighted by Crippen LogP contribution is 2.43. The smallest absolute Gasteiger partial charge is 0.226 e. The molecule has 1 aliphatic carbocycles. The summed E-state index contributed by atoms with van der Waals surface area (Å²) in [6, 6.07) is 52.7. The molecule has 0 saturated carbocycles. The summed E-state index contributed by atoms with van der Waals surface area (Å²) in [7, 11) is 3.70. The minimum Gasteiger partial charge on any atom is -0.497 e.